The molecule has 0 fully saturated rings. The fourth-order valence-corrected chi connectivity index (χ4v) is 1.19. The molecule has 0 aliphatic heterocycles. The molecule has 0 spiro atoms. The van der Waals surface area contributed by atoms with Crippen LogP contribution in [0.25, 0.3) is 0 Å². The average molecular weight is 166 g/mol. The minimum atomic E-state index is -0.745. The first-order valence-electron chi connectivity index (χ1n) is 4.20. The van der Waals surface area contributed by atoms with E-state index in [1.165, 1.54) is 5.57 Å². The van der Waals surface area contributed by atoms with Crippen LogP contribution < -0.4 is 0 Å². The van der Waals surface area contributed by atoms with Crippen molar-refractivity contribution in [3.8, 4) is 0 Å². The van der Waals surface area contributed by atoms with Crippen LogP contribution in [0.5, 0.6) is 0 Å². The standard InChI is InChI=1S/C10H14O2/c1-3-8-4-6-10(2,7-5-8)9(11)12/h4-6H,3,7H2,1-2H3,(H,11,12). The first-order valence-corrected chi connectivity index (χ1v) is 4.20. The number of allylic oxidation sites excluding steroid dienone is 3. The van der Waals surface area contributed by atoms with Crippen molar-refractivity contribution in [1.82, 2.24) is 0 Å². The van der Waals surface area contributed by atoms with Crippen LogP contribution in [0.15, 0.2) is 23.8 Å². The zero-order chi connectivity index (χ0) is 9.19. The Morgan fingerprint density at radius 2 is 2.42 bits per heavy atom. The number of hydrogen-bond donors (Lipinski definition) is 1. The van der Waals surface area contributed by atoms with Crippen LogP contribution in [0.4, 0.5) is 0 Å². The summed E-state index contributed by atoms with van der Waals surface area (Å²) in [6, 6.07) is 0. The maximum absolute atomic E-state index is 10.8. The van der Waals surface area contributed by atoms with Gasteiger partial charge in [0.05, 0.1) is 5.41 Å². The summed E-state index contributed by atoms with van der Waals surface area (Å²) >= 11 is 0. The van der Waals surface area contributed by atoms with Gasteiger partial charge in [0, 0.05) is 0 Å². The summed E-state index contributed by atoms with van der Waals surface area (Å²) in [5, 5.41) is 8.88. The number of hydrogen-bond acceptors (Lipinski definition) is 1. The van der Waals surface area contributed by atoms with E-state index in [9.17, 15) is 4.79 Å². The number of carboxylic acids is 1. The van der Waals surface area contributed by atoms with Gasteiger partial charge in [-0.3, -0.25) is 4.79 Å². The Labute approximate surface area is 72.6 Å². The molecule has 66 valence electrons. The Bertz CT molecular complexity index is 251. The van der Waals surface area contributed by atoms with Crippen molar-refractivity contribution in [2.75, 3.05) is 0 Å². The number of rotatable bonds is 2. The van der Waals surface area contributed by atoms with Crippen molar-refractivity contribution in [3.63, 3.8) is 0 Å². The average Bonchev–Trinajstić information content (AvgIpc) is 2.06. The number of aliphatic carboxylic acids is 1. The minimum Gasteiger partial charge on any atom is -0.481 e. The van der Waals surface area contributed by atoms with Gasteiger partial charge < -0.3 is 5.11 Å². The van der Waals surface area contributed by atoms with Gasteiger partial charge in [0.2, 0.25) is 0 Å². The second kappa shape index (κ2) is 3.13. The third kappa shape index (κ3) is 1.58. The van der Waals surface area contributed by atoms with Crippen LogP contribution in [-0.4, -0.2) is 11.1 Å². The van der Waals surface area contributed by atoms with Crippen molar-refractivity contribution < 1.29 is 9.90 Å². The molecule has 0 aromatic carbocycles. The van der Waals surface area contributed by atoms with Crippen LogP contribution >= 0.6 is 0 Å². The molecule has 12 heavy (non-hydrogen) atoms. The molecule has 0 radical (unpaired) electrons. The fraction of sp³-hybridized carbons (Fsp3) is 0.500. The van der Waals surface area contributed by atoms with E-state index in [4.69, 9.17) is 5.11 Å². The summed E-state index contributed by atoms with van der Waals surface area (Å²) in [4.78, 5) is 10.8. The molecule has 1 unspecified atom stereocenters. The van der Waals surface area contributed by atoms with Crippen molar-refractivity contribution in [2.24, 2.45) is 5.41 Å². The van der Waals surface area contributed by atoms with E-state index in [1.807, 2.05) is 12.2 Å². The van der Waals surface area contributed by atoms with Crippen molar-refractivity contribution in [1.29, 1.82) is 0 Å². The van der Waals surface area contributed by atoms with E-state index in [0.29, 0.717) is 6.42 Å². The van der Waals surface area contributed by atoms with Gasteiger partial charge in [0.1, 0.15) is 0 Å². The minimum absolute atomic E-state index is 0.613. The van der Waals surface area contributed by atoms with Gasteiger partial charge >= 0.3 is 5.97 Å². The Hall–Kier alpha value is -1.05. The summed E-state index contributed by atoms with van der Waals surface area (Å²) in [6.45, 7) is 3.81. The van der Waals surface area contributed by atoms with Crippen LogP contribution in [0.3, 0.4) is 0 Å². The highest BCUT2D eigenvalue weighted by molar-refractivity contribution is 5.77. The normalized spacial score (nSPS) is 28.3. The molecule has 2 heteroatoms. The van der Waals surface area contributed by atoms with E-state index >= 15 is 0 Å². The van der Waals surface area contributed by atoms with Gasteiger partial charge in [-0.1, -0.05) is 30.7 Å². The summed E-state index contributed by atoms with van der Waals surface area (Å²) in [5.41, 5.74) is 0.548. The van der Waals surface area contributed by atoms with Gasteiger partial charge in [0.25, 0.3) is 0 Å². The first kappa shape index (κ1) is 9.04. The molecule has 2 nitrogen and oxygen atoms in total. The Morgan fingerprint density at radius 1 is 1.75 bits per heavy atom. The van der Waals surface area contributed by atoms with Gasteiger partial charge in [-0.05, 0) is 19.8 Å². The fourth-order valence-electron chi connectivity index (χ4n) is 1.19. The van der Waals surface area contributed by atoms with Gasteiger partial charge in [-0.2, -0.15) is 0 Å². The monoisotopic (exact) mass is 166 g/mol. The molecule has 1 N–H and O–H groups in total. The summed E-state index contributed by atoms with van der Waals surface area (Å²) < 4.78 is 0. The molecule has 0 heterocycles. The number of carbonyl (C=O) groups is 1. The Kier molecular flexibility index (Phi) is 2.36. The first-order chi connectivity index (χ1) is 5.58. The van der Waals surface area contributed by atoms with Crippen molar-refractivity contribution in [3.05, 3.63) is 23.8 Å². The lowest BCUT2D eigenvalue weighted by Crippen LogP contribution is -2.25. The highest BCUT2D eigenvalue weighted by Crippen LogP contribution is 2.30. The maximum Gasteiger partial charge on any atom is 0.313 e. The van der Waals surface area contributed by atoms with E-state index in [1.54, 1.807) is 13.0 Å². The molecule has 0 aromatic rings. The largest absolute Gasteiger partial charge is 0.481 e. The van der Waals surface area contributed by atoms with Gasteiger partial charge in [-0.25, -0.2) is 0 Å². The highest BCUT2D eigenvalue weighted by Gasteiger charge is 2.30. The molecular weight excluding hydrogens is 152 g/mol. The van der Waals surface area contributed by atoms with Crippen LogP contribution in [0, 0.1) is 5.41 Å². The van der Waals surface area contributed by atoms with Crippen LogP contribution in [0.2, 0.25) is 0 Å². The molecule has 0 saturated carbocycles. The van der Waals surface area contributed by atoms with Gasteiger partial charge in [-0.15, -0.1) is 0 Å². The van der Waals surface area contributed by atoms with Crippen molar-refractivity contribution >= 4 is 5.97 Å². The lowest BCUT2D eigenvalue weighted by atomic mass is 9.82. The van der Waals surface area contributed by atoms with E-state index < -0.39 is 11.4 Å². The Balaban J connectivity index is 2.76. The molecule has 1 aliphatic rings. The third-order valence-corrected chi connectivity index (χ3v) is 2.35. The Morgan fingerprint density at radius 3 is 2.75 bits per heavy atom. The molecular formula is C10H14O2. The zero-order valence-corrected chi connectivity index (χ0v) is 7.50. The van der Waals surface area contributed by atoms with Crippen molar-refractivity contribution in [2.45, 2.75) is 26.7 Å². The summed E-state index contributed by atoms with van der Waals surface area (Å²) in [7, 11) is 0. The van der Waals surface area contributed by atoms with E-state index in [2.05, 4.69) is 6.92 Å². The quantitative estimate of drug-likeness (QED) is 0.683. The second-order valence-corrected chi connectivity index (χ2v) is 3.39. The molecule has 1 aliphatic carbocycles. The van der Waals surface area contributed by atoms with E-state index in [0.717, 1.165) is 6.42 Å². The third-order valence-electron chi connectivity index (χ3n) is 2.35. The highest BCUT2D eigenvalue weighted by atomic mass is 16.4. The lowest BCUT2D eigenvalue weighted by Gasteiger charge is -2.22. The SMILES string of the molecule is CCC1=CCC(C)(C(=O)O)C=C1. The lowest BCUT2D eigenvalue weighted by molar-refractivity contribution is -0.145. The topological polar surface area (TPSA) is 37.3 Å². The molecule has 1 atom stereocenters. The molecule has 1 rings (SSSR count). The predicted molar refractivity (Wildman–Crippen MR) is 47.9 cm³/mol. The second-order valence-electron chi connectivity index (χ2n) is 3.39. The summed E-state index contributed by atoms with van der Waals surface area (Å²) in [6.07, 6.45) is 7.30. The molecule has 0 saturated heterocycles. The van der Waals surface area contributed by atoms with Crippen LogP contribution in [-0.2, 0) is 4.79 Å². The summed E-state index contributed by atoms with van der Waals surface area (Å²) in [5.74, 6) is -0.745. The molecule has 0 amide bonds. The number of carboxylic acid groups (broad SMARTS) is 1. The maximum atomic E-state index is 10.8. The predicted octanol–water partition coefficient (Wildman–Crippen LogP) is 2.37. The van der Waals surface area contributed by atoms with Crippen LogP contribution in [0.1, 0.15) is 26.7 Å². The van der Waals surface area contributed by atoms with E-state index in [-0.39, 0.29) is 0 Å². The van der Waals surface area contributed by atoms with Gasteiger partial charge in [0.15, 0.2) is 0 Å². The smallest absolute Gasteiger partial charge is 0.313 e. The zero-order valence-electron chi connectivity index (χ0n) is 7.50. The molecule has 0 bridgehead atoms. The molecule has 0 aromatic heterocycles.